The average Bonchev–Trinajstić information content (AvgIpc) is 3.14. The van der Waals surface area contributed by atoms with Gasteiger partial charge in [-0.3, -0.25) is 0 Å². The summed E-state index contributed by atoms with van der Waals surface area (Å²) < 4.78 is 5.40. The number of ether oxygens (including phenoxy) is 1. The van der Waals surface area contributed by atoms with Gasteiger partial charge in [0, 0.05) is 24.0 Å². The number of nitrogens with one attached hydrogen (secondary N) is 3. The maximum Gasteiger partial charge on any atom is 0.229 e. The molecule has 29 heavy (non-hydrogen) atoms. The van der Waals surface area contributed by atoms with Crippen LogP contribution in [0.25, 0.3) is 22.3 Å². The van der Waals surface area contributed by atoms with Gasteiger partial charge in [0.1, 0.15) is 11.4 Å². The van der Waals surface area contributed by atoms with Crippen molar-refractivity contribution in [3.8, 4) is 17.0 Å². The van der Waals surface area contributed by atoms with E-state index in [0.717, 1.165) is 47.4 Å². The van der Waals surface area contributed by atoms with Gasteiger partial charge in [-0.05, 0) is 42.7 Å². The summed E-state index contributed by atoms with van der Waals surface area (Å²) >= 11 is 6.46. The second kappa shape index (κ2) is 7.29. The zero-order chi connectivity index (χ0) is 19.8. The van der Waals surface area contributed by atoms with Gasteiger partial charge in [0.15, 0.2) is 0 Å². The van der Waals surface area contributed by atoms with E-state index in [-0.39, 0.29) is 0 Å². The topological polar surface area (TPSA) is 74.9 Å². The summed E-state index contributed by atoms with van der Waals surface area (Å²) in [5, 5.41) is 8.13. The minimum Gasteiger partial charge on any atom is -0.495 e. The minimum atomic E-state index is 0.459. The Morgan fingerprint density at radius 2 is 2.17 bits per heavy atom. The second-order valence-electron chi connectivity index (χ2n) is 6.91. The van der Waals surface area contributed by atoms with Gasteiger partial charge < -0.3 is 20.4 Å². The molecular weight excluding hydrogens is 386 g/mol. The third-order valence-corrected chi connectivity index (χ3v) is 5.40. The number of hydrogen-bond acceptors (Lipinski definition) is 5. The van der Waals surface area contributed by atoms with Crippen LogP contribution in [0.15, 0.2) is 42.6 Å². The summed E-state index contributed by atoms with van der Waals surface area (Å²) in [4.78, 5) is 12.5. The van der Waals surface area contributed by atoms with Gasteiger partial charge >= 0.3 is 0 Å². The summed E-state index contributed by atoms with van der Waals surface area (Å²) in [6.45, 7) is 0.984. The van der Waals surface area contributed by atoms with Crippen molar-refractivity contribution >= 4 is 40.0 Å². The summed E-state index contributed by atoms with van der Waals surface area (Å²) in [5.41, 5.74) is 5.69. The molecule has 1 aliphatic rings. The number of methoxy groups -OCH3 is 1. The van der Waals surface area contributed by atoms with Crippen LogP contribution in [0.2, 0.25) is 5.02 Å². The Balaban J connectivity index is 1.64. The van der Waals surface area contributed by atoms with Crippen LogP contribution >= 0.6 is 11.6 Å². The molecule has 1 radical (unpaired) electrons. The van der Waals surface area contributed by atoms with E-state index >= 15 is 0 Å². The number of aromatic amines is 1. The normalized spacial score (nSPS) is 13.0. The lowest BCUT2D eigenvalue weighted by Gasteiger charge is -2.19. The molecule has 0 saturated carbocycles. The van der Waals surface area contributed by atoms with Crippen molar-refractivity contribution in [2.75, 3.05) is 24.3 Å². The third-order valence-electron chi connectivity index (χ3n) is 5.10. The van der Waals surface area contributed by atoms with Gasteiger partial charge in [0.25, 0.3) is 0 Å². The van der Waals surface area contributed by atoms with Crippen molar-refractivity contribution in [1.82, 2.24) is 15.0 Å². The SMILES string of the molecule is COc1c[c]ccc1Nc1nc(-c2ccc3c(c2)NCCC3)c2c(Cl)c[nH]c2n1. The van der Waals surface area contributed by atoms with E-state index in [0.29, 0.717) is 22.4 Å². The number of H-pyrrole nitrogens is 1. The highest BCUT2D eigenvalue weighted by atomic mass is 35.5. The molecule has 0 saturated heterocycles. The molecule has 0 bridgehead atoms. The molecule has 2 aromatic carbocycles. The molecule has 1 aliphatic heterocycles. The molecule has 0 fully saturated rings. The number of anilines is 3. The number of benzene rings is 2. The monoisotopic (exact) mass is 404 g/mol. The van der Waals surface area contributed by atoms with Crippen molar-refractivity contribution in [2.45, 2.75) is 12.8 Å². The van der Waals surface area contributed by atoms with E-state index < -0.39 is 0 Å². The van der Waals surface area contributed by atoms with Crippen LogP contribution in [-0.4, -0.2) is 28.6 Å². The number of hydrogen-bond donors (Lipinski definition) is 3. The number of fused-ring (bicyclic) bond motifs is 2. The summed E-state index contributed by atoms with van der Waals surface area (Å²) in [7, 11) is 1.62. The van der Waals surface area contributed by atoms with Crippen molar-refractivity contribution in [2.24, 2.45) is 0 Å². The van der Waals surface area contributed by atoms with Crippen LogP contribution in [0.3, 0.4) is 0 Å². The predicted octanol–water partition coefficient (Wildman–Crippen LogP) is 5.19. The van der Waals surface area contributed by atoms with Crippen molar-refractivity contribution in [3.63, 3.8) is 0 Å². The van der Waals surface area contributed by atoms with E-state index in [1.165, 1.54) is 5.56 Å². The van der Waals surface area contributed by atoms with Crippen LogP contribution in [0.5, 0.6) is 5.75 Å². The molecule has 3 N–H and O–H groups in total. The lowest BCUT2D eigenvalue weighted by molar-refractivity contribution is 0.416. The Labute approximate surface area is 173 Å². The first-order chi connectivity index (χ1) is 14.2. The van der Waals surface area contributed by atoms with Crippen molar-refractivity contribution in [1.29, 1.82) is 0 Å². The smallest absolute Gasteiger partial charge is 0.229 e. The van der Waals surface area contributed by atoms with Gasteiger partial charge in [-0.15, -0.1) is 0 Å². The van der Waals surface area contributed by atoms with E-state index in [9.17, 15) is 0 Å². The van der Waals surface area contributed by atoms with Crippen LogP contribution in [-0.2, 0) is 6.42 Å². The molecule has 5 rings (SSSR count). The Hall–Kier alpha value is -3.25. The minimum absolute atomic E-state index is 0.459. The fourth-order valence-corrected chi connectivity index (χ4v) is 3.91. The van der Waals surface area contributed by atoms with Gasteiger partial charge in [-0.1, -0.05) is 29.8 Å². The highest BCUT2D eigenvalue weighted by Crippen LogP contribution is 2.36. The van der Waals surface area contributed by atoms with E-state index in [2.05, 4.69) is 44.9 Å². The molecule has 0 atom stereocenters. The number of aromatic nitrogens is 3. The summed E-state index contributed by atoms with van der Waals surface area (Å²) in [6, 6.07) is 14.8. The first-order valence-corrected chi connectivity index (χ1v) is 9.83. The fourth-order valence-electron chi connectivity index (χ4n) is 3.68. The average molecular weight is 405 g/mol. The second-order valence-corrected chi connectivity index (χ2v) is 7.32. The molecule has 6 nitrogen and oxygen atoms in total. The maximum atomic E-state index is 6.46. The van der Waals surface area contributed by atoms with Crippen LogP contribution in [0.1, 0.15) is 12.0 Å². The molecule has 2 aromatic heterocycles. The summed E-state index contributed by atoms with van der Waals surface area (Å²) in [6.07, 6.45) is 3.98. The lowest BCUT2D eigenvalue weighted by atomic mass is 9.99. The highest BCUT2D eigenvalue weighted by molar-refractivity contribution is 6.36. The third kappa shape index (κ3) is 3.25. The van der Waals surface area contributed by atoms with E-state index in [4.69, 9.17) is 21.3 Å². The maximum absolute atomic E-state index is 6.46. The van der Waals surface area contributed by atoms with Gasteiger partial charge in [0.05, 0.1) is 28.9 Å². The molecule has 0 amide bonds. The fraction of sp³-hybridized carbons (Fsp3) is 0.182. The predicted molar refractivity (Wildman–Crippen MR) is 116 cm³/mol. The van der Waals surface area contributed by atoms with E-state index in [1.54, 1.807) is 19.4 Å². The molecule has 3 heterocycles. The highest BCUT2D eigenvalue weighted by Gasteiger charge is 2.17. The lowest BCUT2D eigenvalue weighted by Crippen LogP contribution is -2.11. The number of aryl methyl sites for hydroxylation is 1. The Kier molecular flexibility index (Phi) is 4.48. The quantitative estimate of drug-likeness (QED) is 0.436. The molecule has 7 heteroatoms. The Morgan fingerprint density at radius 1 is 1.24 bits per heavy atom. The van der Waals surface area contributed by atoms with Crippen LogP contribution < -0.4 is 15.4 Å². The zero-order valence-corrected chi connectivity index (χ0v) is 16.6. The Morgan fingerprint density at radius 3 is 3.07 bits per heavy atom. The van der Waals surface area contributed by atoms with Gasteiger partial charge in [0.2, 0.25) is 5.95 Å². The molecule has 4 aromatic rings. The van der Waals surface area contributed by atoms with Crippen LogP contribution in [0.4, 0.5) is 17.3 Å². The molecule has 0 spiro atoms. The zero-order valence-electron chi connectivity index (χ0n) is 15.8. The van der Waals surface area contributed by atoms with E-state index in [1.807, 2.05) is 12.1 Å². The first-order valence-electron chi connectivity index (χ1n) is 9.46. The number of nitrogens with zero attached hydrogens (tertiary/aromatic N) is 2. The largest absolute Gasteiger partial charge is 0.495 e. The van der Waals surface area contributed by atoms with Crippen molar-refractivity contribution < 1.29 is 4.74 Å². The summed E-state index contributed by atoms with van der Waals surface area (Å²) in [5.74, 6) is 1.13. The number of rotatable bonds is 4. The van der Waals surface area contributed by atoms with Gasteiger partial charge in [-0.25, -0.2) is 4.98 Å². The molecule has 145 valence electrons. The van der Waals surface area contributed by atoms with Crippen LogP contribution in [0, 0.1) is 6.07 Å². The Bertz CT molecular complexity index is 1200. The number of halogens is 1. The standard InChI is InChI=1S/C22H19ClN5O/c1-29-18-7-3-2-6-16(18)26-22-27-20(19-15(23)12-25-21(19)28-22)14-9-8-13-5-4-10-24-17(13)11-14/h2,6-9,11-12,24H,4-5,10H2,1H3,(H2,25,26,27,28). The first kappa shape index (κ1) is 17.8. The molecule has 0 unspecified atom stereocenters. The molecule has 0 aliphatic carbocycles. The van der Waals surface area contributed by atoms with Gasteiger partial charge in [-0.2, -0.15) is 4.98 Å². The van der Waals surface area contributed by atoms with Crippen molar-refractivity contribution in [3.05, 3.63) is 59.2 Å². The molecular formula is C22H19ClN5O.